The standard InChI is InChI=1S/C39H40N4O6S2/c1-26-9-19-33(20-10-26)51(46,47)43-34(23-28-7-4-3-5-8-28)37(45)42-32-17-15-31(16-18-32)38-48-35(25-50-39-40-21-6-22-41-39)27(2)36(49-38)30-13-11-29(24-44)12-14-30/h3-22,27,34-36,38,43-44H,23-25H2,1-2H3,(H,42,45)/t27-,34+,35+,36+,38+/m0/s1. The van der Waals surface area contributed by atoms with Gasteiger partial charge in [0.15, 0.2) is 11.4 Å². The molecule has 0 radical (unpaired) electrons. The molecule has 0 aliphatic carbocycles. The van der Waals surface area contributed by atoms with Crippen LogP contribution >= 0.6 is 11.8 Å². The number of carbonyl (C=O) groups excluding carboxylic acids is 1. The Labute approximate surface area is 302 Å². The number of aliphatic hydroxyl groups is 1. The molecular weight excluding hydrogens is 685 g/mol. The molecule has 1 aliphatic rings. The smallest absolute Gasteiger partial charge is 0.242 e. The third-order valence-electron chi connectivity index (χ3n) is 8.72. The molecule has 1 aromatic heterocycles. The minimum absolute atomic E-state index is 0.0127. The first-order valence-corrected chi connectivity index (χ1v) is 19.1. The molecule has 1 fully saturated rings. The number of aromatic nitrogens is 2. The highest BCUT2D eigenvalue weighted by molar-refractivity contribution is 7.99. The number of thioether (sulfide) groups is 1. The van der Waals surface area contributed by atoms with Crippen molar-refractivity contribution in [2.75, 3.05) is 11.1 Å². The summed E-state index contributed by atoms with van der Waals surface area (Å²) in [6.45, 7) is 3.93. The van der Waals surface area contributed by atoms with Crippen molar-refractivity contribution in [2.24, 2.45) is 5.92 Å². The third kappa shape index (κ3) is 9.47. The van der Waals surface area contributed by atoms with Gasteiger partial charge in [-0.2, -0.15) is 4.72 Å². The molecule has 1 amide bonds. The monoisotopic (exact) mass is 724 g/mol. The van der Waals surface area contributed by atoms with E-state index in [4.69, 9.17) is 9.47 Å². The van der Waals surface area contributed by atoms with E-state index in [9.17, 15) is 18.3 Å². The third-order valence-corrected chi connectivity index (χ3v) is 11.2. The van der Waals surface area contributed by atoms with Crippen LogP contribution in [0.1, 0.15) is 47.1 Å². The number of ether oxygens (including phenoxy) is 2. The van der Waals surface area contributed by atoms with E-state index in [0.717, 1.165) is 27.8 Å². The Bertz CT molecular complexity index is 1980. The van der Waals surface area contributed by atoms with E-state index in [2.05, 4.69) is 26.9 Å². The van der Waals surface area contributed by atoms with Crippen LogP contribution in [-0.4, -0.2) is 47.3 Å². The van der Waals surface area contributed by atoms with Crippen LogP contribution in [0.4, 0.5) is 5.69 Å². The number of hydrogen-bond donors (Lipinski definition) is 3. The zero-order chi connectivity index (χ0) is 35.8. The maximum Gasteiger partial charge on any atom is 0.242 e. The van der Waals surface area contributed by atoms with Gasteiger partial charge in [0.05, 0.1) is 23.7 Å². The summed E-state index contributed by atoms with van der Waals surface area (Å²) >= 11 is 1.51. The van der Waals surface area contributed by atoms with E-state index < -0.39 is 28.3 Å². The van der Waals surface area contributed by atoms with Crippen LogP contribution in [0.2, 0.25) is 0 Å². The second kappa shape index (κ2) is 16.7. The first-order valence-electron chi connectivity index (χ1n) is 16.6. The lowest BCUT2D eigenvalue weighted by Gasteiger charge is -2.41. The van der Waals surface area contributed by atoms with E-state index in [1.165, 1.54) is 23.9 Å². The molecule has 51 heavy (non-hydrogen) atoms. The van der Waals surface area contributed by atoms with E-state index in [1.54, 1.807) is 42.7 Å². The van der Waals surface area contributed by atoms with Crippen LogP contribution < -0.4 is 10.0 Å². The van der Waals surface area contributed by atoms with Crippen molar-refractivity contribution in [3.8, 4) is 0 Å². The summed E-state index contributed by atoms with van der Waals surface area (Å²) in [6.07, 6.45) is 2.37. The first-order chi connectivity index (χ1) is 24.7. The summed E-state index contributed by atoms with van der Waals surface area (Å²) in [6, 6.07) is 31.3. The van der Waals surface area contributed by atoms with Gasteiger partial charge in [0.2, 0.25) is 15.9 Å². The number of aryl methyl sites for hydroxylation is 1. The molecule has 1 aliphatic heterocycles. The minimum Gasteiger partial charge on any atom is -0.392 e. The fourth-order valence-corrected chi connectivity index (χ4v) is 7.95. The van der Waals surface area contributed by atoms with Crippen LogP contribution in [0.3, 0.4) is 0 Å². The number of rotatable bonds is 13. The van der Waals surface area contributed by atoms with Crippen molar-refractivity contribution >= 4 is 33.4 Å². The SMILES string of the molecule is Cc1ccc(S(=O)(=O)N[C@H](Cc2ccccc2)C(=O)Nc2ccc([C@@H]3O[C@H](CSc4ncccn4)[C@H](C)[C@H](c4ccc(CO)cc4)O3)cc2)cc1. The van der Waals surface area contributed by atoms with Gasteiger partial charge in [-0.05, 0) is 60.4 Å². The van der Waals surface area contributed by atoms with Crippen LogP contribution in [0.25, 0.3) is 0 Å². The average Bonchev–Trinajstić information content (AvgIpc) is 3.15. The summed E-state index contributed by atoms with van der Waals surface area (Å²) in [4.78, 5) is 22.4. The first kappa shape index (κ1) is 36.4. The molecule has 10 nitrogen and oxygen atoms in total. The lowest BCUT2D eigenvalue weighted by atomic mass is 9.91. The van der Waals surface area contributed by atoms with E-state index >= 15 is 0 Å². The van der Waals surface area contributed by atoms with Crippen LogP contribution in [0.15, 0.2) is 132 Å². The topological polar surface area (TPSA) is 140 Å². The Kier molecular flexibility index (Phi) is 11.9. The molecule has 2 heterocycles. The lowest BCUT2D eigenvalue weighted by molar-refractivity contribution is -0.268. The quantitative estimate of drug-likeness (QED) is 0.0932. The second-order valence-electron chi connectivity index (χ2n) is 12.5. The predicted molar refractivity (Wildman–Crippen MR) is 196 cm³/mol. The van der Waals surface area contributed by atoms with Crippen molar-refractivity contribution in [3.05, 3.63) is 149 Å². The number of carbonyl (C=O) groups is 1. The zero-order valence-corrected chi connectivity index (χ0v) is 29.9. The molecule has 3 N–H and O–H groups in total. The number of hydrogen-bond acceptors (Lipinski definition) is 9. The summed E-state index contributed by atoms with van der Waals surface area (Å²) in [5, 5.41) is 13.1. The van der Waals surface area contributed by atoms with Crippen molar-refractivity contribution < 1.29 is 27.8 Å². The molecule has 4 aromatic carbocycles. The second-order valence-corrected chi connectivity index (χ2v) is 15.2. The summed E-state index contributed by atoms with van der Waals surface area (Å²) in [5.74, 6) is 0.0974. The highest BCUT2D eigenvalue weighted by Crippen LogP contribution is 2.43. The molecule has 5 aromatic rings. The van der Waals surface area contributed by atoms with E-state index in [0.29, 0.717) is 16.6 Å². The van der Waals surface area contributed by atoms with Gasteiger partial charge in [0, 0.05) is 35.3 Å². The van der Waals surface area contributed by atoms with Crippen molar-refractivity contribution in [1.82, 2.24) is 14.7 Å². The fourth-order valence-electron chi connectivity index (χ4n) is 5.79. The Hall–Kier alpha value is -4.43. The van der Waals surface area contributed by atoms with Crippen LogP contribution in [0, 0.1) is 12.8 Å². The summed E-state index contributed by atoms with van der Waals surface area (Å²) < 4.78 is 42.4. The maximum atomic E-state index is 13.7. The number of sulfonamides is 1. The molecule has 0 saturated carbocycles. The molecule has 12 heteroatoms. The Morgan fingerprint density at radius 1 is 0.843 bits per heavy atom. The van der Waals surface area contributed by atoms with Crippen LogP contribution in [0.5, 0.6) is 0 Å². The molecule has 5 atom stereocenters. The number of benzene rings is 4. The average molecular weight is 725 g/mol. The molecule has 264 valence electrons. The molecule has 0 bridgehead atoms. The van der Waals surface area contributed by atoms with Gasteiger partial charge in [-0.1, -0.05) is 103 Å². The van der Waals surface area contributed by atoms with Gasteiger partial charge < -0.3 is 19.9 Å². The number of nitrogens with zero attached hydrogens (tertiary/aromatic N) is 2. The van der Waals surface area contributed by atoms with Gasteiger partial charge in [0.25, 0.3) is 0 Å². The molecule has 1 saturated heterocycles. The number of nitrogens with one attached hydrogen (secondary N) is 2. The molecular formula is C39H40N4O6S2. The molecule has 0 unspecified atom stereocenters. The molecule has 0 spiro atoms. The highest BCUT2D eigenvalue weighted by Gasteiger charge is 2.38. The highest BCUT2D eigenvalue weighted by atomic mass is 32.2. The summed E-state index contributed by atoms with van der Waals surface area (Å²) in [7, 11) is -3.99. The summed E-state index contributed by atoms with van der Waals surface area (Å²) in [5.41, 5.74) is 4.77. The van der Waals surface area contributed by atoms with Crippen molar-refractivity contribution in [2.45, 2.75) is 61.5 Å². The van der Waals surface area contributed by atoms with E-state index in [1.807, 2.05) is 73.7 Å². The van der Waals surface area contributed by atoms with Crippen molar-refractivity contribution in [3.63, 3.8) is 0 Å². The van der Waals surface area contributed by atoms with Gasteiger partial charge in [-0.3, -0.25) is 4.79 Å². The van der Waals surface area contributed by atoms with Crippen LogP contribution in [-0.2, 0) is 37.3 Å². The number of amides is 1. The lowest BCUT2D eigenvalue weighted by Crippen LogP contribution is -2.45. The maximum absolute atomic E-state index is 13.7. The van der Waals surface area contributed by atoms with Crippen molar-refractivity contribution in [1.29, 1.82) is 0 Å². The predicted octanol–water partition coefficient (Wildman–Crippen LogP) is 6.39. The Morgan fingerprint density at radius 2 is 1.51 bits per heavy atom. The van der Waals surface area contributed by atoms with Gasteiger partial charge in [-0.25, -0.2) is 18.4 Å². The normalized spacial score (nSPS) is 19.7. The minimum atomic E-state index is -3.99. The molecule has 6 rings (SSSR count). The van der Waals surface area contributed by atoms with Gasteiger partial charge >= 0.3 is 0 Å². The van der Waals surface area contributed by atoms with Gasteiger partial charge in [-0.15, -0.1) is 0 Å². The largest absolute Gasteiger partial charge is 0.392 e. The fraction of sp³-hybridized carbons (Fsp3) is 0.256. The zero-order valence-electron chi connectivity index (χ0n) is 28.3. The van der Waals surface area contributed by atoms with E-state index in [-0.39, 0.29) is 36.0 Å². The van der Waals surface area contributed by atoms with Gasteiger partial charge in [0.1, 0.15) is 6.04 Å². The Morgan fingerprint density at radius 3 is 2.18 bits per heavy atom. The Balaban J connectivity index is 1.19. The number of aliphatic hydroxyl groups excluding tert-OH is 1. The number of anilines is 1.